The van der Waals surface area contributed by atoms with Gasteiger partial charge in [-0.05, 0) is 36.6 Å². The molecule has 4 atom stereocenters. The van der Waals surface area contributed by atoms with Crippen LogP contribution in [-0.2, 0) is 16.6 Å². The molecule has 0 spiro atoms. The SMILES string of the molecule is Cc1csc(C2(CN)C3CCN(c4cnc5c(-c6ccc(S(=O)F)c7ccccc67)[nH]nc5n4)CC32)n1. The number of hydrogen-bond acceptors (Lipinski definition) is 8. The summed E-state index contributed by atoms with van der Waals surface area (Å²) in [6.07, 6.45) is 2.84. The molecule has 1 saturated heterocycles. The monoisotopic (exact) mass is 533 g/mol. The normalized spacial score (nSPS) is 23.9. The van der Waals surface area contributed by atoms with Crippen LogP contribution in [0.25, 0.3) is 33.2 Å². The van der Waals surface area contributed by atoms with Gasteiger partial charge in [0.15, 0.2) is 0 Å². The van der Waals surface area contributed by atoms with E-state index in [-0.39, 0.29) is 10.3 Å². The Balaban J connectivity index is 1.21. The standard InChI is InChI=1S/C26H24FN7OS2/c1-14-12-36-25(30-14)26(13-28)18-8-9-34(11-19(18)26)21-10-29-23-22(32-33-24(23)31-21)17-6-7-20(37(27)35)16-5-3-2-4-15(16)17/h2-7,10,12,18-19H,8-9,11,13,28H2,1H3,(H,31,32,33). The second-order valence-electron chi connectivity index (χ2n) is 9.87. The summed E-state index contributed by atoms with van der Waals surface area (Å²) in [7, 11) is 0. The van der Waals surface area contributed by atoms with Crippen molar-refractivity contribution in [3.8, 4) is 11.3 Å². The van der Waals surface area contributed by atoms with Crippen molar-refractivity contribution in [2.24, 2.45) is 17.6 Å². The second-order valence-corrected chi connectivity index (χ2v) is 11.6. The molecule has 3 aromatic heterocycles. The quantitative estimate of drug-likeness (QED) is 0.324. The molecule has 1 aliphatic heterocycles. The molecular weight excluding hydrogens is 509 g/mol. The zero-order valence-corrected chi connectivity index (χ0v) is 21.7. The van der Waals surface area contributed by atoms with Crippen LogP contribution in [0.1, 0.15) is 17.1 Å². The third-order valence-electron chi connectivity index (χ3n) is 8.08. The van der Waals surface area contributed by atoms with E-state index in [9.17, 15) is 8.09 Å². The minimum Gasteiger partial charge on any atom is -0.355 e. The summed E-state index contributed by atoms with van der Waals surface area (Å²) in [4.78, 5) is 16.8. The van der Waals surface area contributed by atoms with Gasteiger partial charge in [0.05, 0.1) is 16.8 Å². The summed E-state index contributed by atoms with van der Waals surface area (Å²) in [5.41, 5.74) is 10.0. The van der Waals surface area contributed by atoms with Gasteiger partial charge in [-0.3, -0.25) is 5.10 Å². The fraction of sp³-hybridized carbons (Fsp3) is 0.308. The average molecular weight is 534 g/mol. The summed E-state index contributed by atoms with van der Waals surface area (Å²) in [6, 6.07) is 10.6. The largest absolute Gasteiger partial charge is 0.355 e. The molecule has 2 aromatic carbocycles. The zero-order chi connectivity index (χ0) is 25.3. The Morgan fingerprint density at radius 3 is 2.81 bits per heavy atom. The van der Waals surface area contributed by atoms with Crippen LogP contribution in [0.4, 0.5) is 9.70 Å². The van der Waals surface area contributed by atoms with Crippen LogP contribution in [0.2, 0.25) is 0 Å². The first-order valence-corrected chi connectivity index (χ1v) is 14.1. The predicted molar refractivity (Wildman–Crippen MR) is 144 cm³/mol. The molecule has 2 aliphatic rings. The molecule has 3 N–H and O–H groups in total. The van der Waals surface area contributed by atoms with E-state index in [1.807, 2.05) is 19.1 Å². The van der Waals surface area contributed by atoms with Crippen molar-refractivity contribution in [3.63, 3.8) is 0 Å². The molecule has 8 nitrogen and oxygen atoms in total. The van der Waals surface area contributed by atoms with Crippen molar-refractivity contribution in [2.75, 3.05) is 24.5 Å². The van der Waals surface area contributed by atoms with E-state index in [0.717, 1.165) is 47.0 Å². The van der Waals surface area contributed by atoms with E-state index < -0.39 is 11.2 Å². The van der Waals surface area contributed by atoms with E-state index in [1.165, 1.54) is 0 Å². The molecule has 0 radical (unpaired) electrons. The second kappa shape index (κ2) is 8.37. The van der Waals surface area contributed by atoms with Gasteiger partial charge in [0.1, 0.15) is 16.3 Å². The van der Waals surface area contributed by atoms with Crippen LogP contribution in [0.3, 0.4) is 0 Å². The Morgan fingerprint density at radius 2 is 2.05 bits per heavy atom. The van der Waals surface area contributed by atoms with Gasteiger partial charge < -0.3 is 10.6 Å². The maximum Gasteiger partial charge on any atom is 0.231 e. The number of piperidine rings is 1. The van der Waals surface area contributed by atoms with Crippen molar-refractivity contribution in [3.05, 3.63) is 58.7 Å². The van der Waals surface area contributed by atoms with Gasteiger partial charge in [0.25, 0.3) is 0 Å². The first kappa shape index (κ1) is 22.9. The number of nitrogens with two attached hydrogens (primary N) is 1. The van der Waals surface area contributed by atoms with Gasteiger partial charge in [0, 0.05) is 47.1 Å². The van der Waals surface area contributed by atoms with Crippen molar-refractivity contribution in [1.29, 1.82) is 0 Å². The van der Waals surface area contributed by atoms with E-state index in [0.29, 0.717) is 40.6 Å². The number of aromatic nitrogens is 5. The Morgan fingerprint density at radius 1 is 1.22 bits per heavy atom. The van der Waals surface area contributed by atoms with Gasteiger partial charge in [-0.2, -0.15) is 5.10 Å². The Kier molecular flexibility index (Phi) is 5.18. The van der Waals surface area contributed by atoms with Crippen molar-refractivity contribution in [1.82, 2.24) is 25.1 Å². The molecule has 5 aromatic rings. The number of anilines is 1. The third-order valence-corrected chi connectivity index (χ3v) is 9.94. The van der Waals surface area contributed by atoms with Gasteiger partial charge in [-0.25, -0.2) is 19.2 Å². The Bertz CT molecular complexity index is 1700. The fourth-order valence-corrected chi connectivity index (χ4v) is 7.88. The van der Waals surface area contributed by atoms with Gasteiger partial charge >= 0.3 is 0 Å². The lowest BCUT2D eigenvalue weighted by Crippen LogP contribution is -2.32. The molecule has 0 amide bonds. The molecule has 188 valence electrons. The number of fused-ring (bicyclic) bond motifs is 3. The highest BCUT2D eigenvalue weighted by molar-refractivity contribution is 7.80. The lowest BCUT2D eigenvalue weighted by Gasteiger charge is -2.26. The number of hydrogen-bond donors (Lipinski definition) is 2. The Labute approximate surface area is 218 Å². The van der Waals surface area contributed by atoms with E-state index in [4.69, 9.17) is 20.7 Å². The number of halogens is 1. The van der Waals surface area contributed by atoms with Gasteiger partial charge in [-0.15, -0.1) is 15.2 Å². The zero-order valence-electron chi connectivity index (χ0n) is 20.0. The summed E-state index contributed by atoms with van der Waals surface area (Å²) in [5.74, 6) is 1.81. The van der Waals surface area contributed by atoms with Crippen LogP contribution in [-0.4, -0.2) is 49.0 Å². The minimum absolute atomic E-state index is 0.0266. The summed E-state index contributed by atoms with van der Waals surface area (Å²) in [6.45, 7) is 4.39. The van der Waals surface area contributed by atoms with Gasteiger partial charge in [-0.1, -0.05) is 30.3 Å². The van der Waals surface area contributed by atoms with E-state index in [2.05, 4.69) is 20.5 Å². The van der Waals surface area contributed by atoms with Crippen molar-refractivity contribution >= 4 is 50.3 Å². The molecule has 0 bridgehead atoms. The molecule has 4 heterocycles. The van der Waals surface area contributed by atoms with Crippen LogP contribution >= 0.6 is 11.3 Å². The molecule has 37 heavy (non-hydrogen) atoms. The van der Waals surface area contributed by atoms with Crippen molar-refractivity contribution in [2.45, 2.75) is 23.7 Å². The predicted octanol–water partition coefficient (Wildman–Crippen LogP) is 4.28. The first-order valence-electron chi connectivity index (χ1n) is 12.2. The maximum absolute atomic E-state index is 13.7. The molecule has 1 aliphatic carbocycles. The number of H-pyrrole nitrogens is 1. The first-order chi connectivity index (χ1) is 18.0. The average Bonchev–Trinajstić information content (AvgIpc) is 3.16. The molecular formula is C26H24FN7OS2. The Hall–Kier alpha value is -3.28. The summed E-state index contributed by atoms with van der Waals surface area (Å²) >= 11 is -0.857. The number of rotatable bonds is 5. The number of aromatic amines is 1. The van der Waals surface area contributed by atoms with Crippen LogP contribution < -0.4 is 10.6 Å². The molecule has 1 saturated carbocycles. The number of aryl methyl sites for hydroxylation is 1. The lowest BCUT2D eigenvalue weighted by atomic mass is 10.0. The summed E-state index contributed by atoms with van der Waals surface area (Å²) in [5, 5.41) is 12.2. The van der Waals surface area contributed by atoms with Crippen LogP contribution in [0.5, 0.6) is 0 Å². The number of thiazole rings is 1. The molecule has 2 fully saturated rings. The van der Waals surface area contributed by atoms with Crippen molar-refractivity contribution < 1.29 is 8.09 Å². The summed E-state index contributed by atoms with van der Waals surface area (Å²) < 4.78 is 25.3. The number of benzene rings is 2. The molecule has 7 rings (SSSR count). The highest BCUT2D eigenvalue weighted by Gasteiger charge is 2.67. The van der Waals surface area contributed by atoms with E-state index in [1.54, 1.807) is 41.8 Å². The van der Waals surface area contributed by atoms with Crippen LogP contribution in [0.15, 0.2) is 52.9 Å². The maximum atomic E-state index is 13.7. The van der Waals surface area contributed by atoms with Crippen LogP contribution in [0, 0.1) is 18.8 Å². The highest BCUT2D eigenvalue weighted by atomic mass is 32.2. The lowest BCUT2D eigenvalue weighted by molar-refractivity contribution is 0.545. The smallest absolute Gasteiger partial charge is 0.231 e. The molecule has 11 heteroatoms. The third kappa shape index (κ3) is 3.37. The number of nitrogens with zero attached hydrogens (tertiary/aromatic N) is 5. The number of nitrogens with one attached hydrogen (secondary N) is 1. The highest BCUT2D eigenvalue weighted by Crippen LogP contribution is 2.63. The minimum atomic E-state index is -2.58. The fourth-order valence-electron chi connectivity index (χ4n) is 6.22. The topological polar surface area (TPSA) is 114 Å². The molecule has 4 unspecified atom stereocenters. The van der Waals surface area contributed by atoms with E-state index >= 15 is 0 Å². The van der Waals surface area contributed by atoms with Gasteiger partial charge in [0.2, 0.25) is 16.8 Å².